The van der Waals surface area contributed by atoms with Crippen molar-refractivity contribution in [3.8, 4) is 0 Å². The number of hydrogen-bond donors (Lipinski definition) is 1. The molecule has 0 saturated carbocycles. The predicted molar refractivity (Wildman–Crippen MR) is 80.8 cm³/mol. The molecule has 2 rings (SSSR count). The number of thioether (sulfide) groups is 1. The van der Waals surface area contributed by atoms with E-state index in [1.165, 1.54) is 23.9 Å². The summed E-state index contributed by atoms with van der Waals surface area (Å²) in [5.74, 6) is -0.157. The molecule has 0 heterocycles. The van der Waals surface area contributed by atoms with Crippen LogP contribution in [-0.2, 0) is 17.1 Å². The lowest BCUT2D eigenvalue weighted by Gasteiger charge is -2.06. The van der Waals surface area contributed by atoms with Gasteiger partial charge < -0.3 is 5.32 Å². The summed E-state index contributed by atoms with van der Waals surface area (Å²) >= 11 is 1.32. The number of rotatable bonds is 6. The number of halogens is 2. The molecule has 110 valence electrons. The molecular weight excluding hydrogens is 292 g/mol. The molecule has 0 aliphatic rings. The summed E-state index contributed by atoms with van der Waals surface area (Å²) in [4.78, 5) is 11.7. The second-order valence-electron chi connectivity index (χ2n) is 4.45. The molecule has 0 aliphatic heterocycles. The van der Waals surface area contributed by atoms with Crippen LogP contribution in [0.25, 0.3) is 0 Å². The van der Waals surface area contributed by atoms with E-state index in [0.717, 1.165) is 0 Å². The quantitative estimate of drug-likeness (QED) is 0.885. The molecule has 0 aliphatic carbocycles. The molecule has 0 aromatic heterocycles. The van der Waals surface area contributed by atoms with Crippen LogP contribution in [0.1, 0.15) is 11.1 Å². The lowest BCUT2D eigenvalue weighted by atomic mass is 10.2. The van der Waals surface area contributed by atoms with Crippen LogP contribution in [0.5, 0.6) is 0 Å². The van der Waals surface area contributed by atoms with Gasteiger partial charge in [-0.3, -0.25) is 4.79 Å². The zero-order chi connectivity index (χ0) is 15.1. The van der Waals surface area contributed by atoms with Crippen LogP contribution < -0.4 is 5.32 Å². The molecule has 0 unspecified atom stereocenters. The average Bonchev–Trinajstić information content (AvgIpc) is 2.48. The first-order valence-electron chi connectivity index (χ1n) is 6.48. The second-order valence-corrected chi connectivity index (χ2v) is 5.44. The number of benzene rings is 2. The molecule has 2 aromatic carbocycles. The number of amides is 1. The largest absolute Gasteiger partial charge is 0.351 e. The lowest BCUT2D eigenvalue weighted by molar-refractivity contribution is -0.118. The Balaban J connectivity index is 1.73. The van der Waals surface area contributed by atoms with E-state index in [1.54, 1.807) is 36.4 Å². The number of nitrogens with one attached hydrogen (secondary N) is 1. The summed E-state index contributed by atoms with van der Waals surface area (Å²) in [6.45, 7) is 0.158. The van der Waals surface area contributed by atoms with Crippen molar-refractivity contribution in [1.82, 2.24) is 5.32 Å². The van der Waals surface area contributed by atoms with Gasteiger partial charge in [-0.15, -0.1) is 11.8 Å². The normalized spacial score (nSPS) is 10.4. The molecule has 0 atom stereocenters. The third-order valence-corrected chi connectivity index (χ3v) is 3.86. The van der Waals surface area contributed by atoms with Crippen LogP contribution in [-0.4, -0.2) is 11.7 Å². The Hall–Kier alpha value is -1.88. The Morgan fingerprint density at radius 1 is 0.952 bits per heavy atom. The first-order chi connectivity index (χ1) is 10.2. The van der Waals surface area contributed by atoms with Gasteiger partial charge in [0.25, 0.3) is 0 Å². The van der Waals surface area contributed by atoms with Gasteiger partial charge in [-0.2, -0.15) is 0 Å². The molecule has 1 N–H and O–H groups in total. The fraction of sp³-hybridized carbons (Fsp3) is 0.188. The van der Waals surface area contributed by atoms with Gasteiger partial charge >= 0.3 is 0 Å². The van der Waals surface area contributed by atoms with Crippen LogP contribution in [0.3, 0.4) is 0 Å². The third-order valence-electron chi connectivity index (χ3n) is 2.88. The zero-order valence-electron chi connectivity index (χ0n) is 11.3. The standard InChI is InChI=1S/C16H15F2NOS/c17-14-7-3-1-5-12(14)9-19-16(20)11-21-10-13-6-2-4-8-15(13)18/h1-8H,9-11H2,(H,19,20). The van der Waals surface area contributed by atoms with Crippen LogP contribution in [0, 0.1) is 11.6 Å². The van der Waals surface area contributed by atoms with E-state index in [-0.39, 0.29) is 29.8 Å². The van der Waals surface area contributed by atoms with Crippen molar-refractivity contribution in [1.29, 1.82) is 0 Å². The fourth-order valence-electron chi connectivity index (χ4n) is 1.76. The Morgan fingerprint density at radius 3 is 2.14 bits per heavy atom. The Morgan fingerprint density at radius 2 is 1.52 bits per heavy atom. The topological polar surface area (TPSA) is 29.1 Å². The van der Waals surface area contributed by atoms with E-state index in [2.05, 4.69) is 5.32 Å². The SMILES string of the molecule is O=C(CSCc1ccccc1F)NCc1ccccc1F. The van der Waals surface area contributed by atoms with Crippen molar-refractivity contribution in [2.24, 2.45) is 0 Å². The molecule has 2 aromatic rings. The average molecular weight is 307 g/mol. The van der Waals surface area contributed by atoms with Gasteiger partial charge in [0.05, 0.1) is 5.75 Å². The molecule has 0 radical (unpaired) electrons. The molecular formula is C16H15F2NOS. The van der Waals surface area contributed by atoms with Crippen molar-refractivity contribution in [3.63, 3.8) is 0 Å². The minimum Gasteiger partial charge on any atom is -0.351 e. The van der Waals surface area contributed by atoms with E-state index >= 15 is 0 Å². The highest BCUT2D eigenvalue weighted by atomic mass is 32.2. The first-order valence-corrected chi connectivity index (χ1v) is 7.63. The molecule has 0 spiro atoms. The van der Waals surface area contributed by atoms with Crippen LogP contribution in [0.15, 0.2) is 48.5 Å². The smallest absolute Gasteiger partial charge is 0.230 e. The van der Waals surface area contributed by atoms with E-state index in [1.807, 2.05) is 0 Å². The first kappa shape index (κ1) is 15.5. The van der Waals surface area contributed by atoms with E-state index in [4.69, 9.17) is 0 Å². The molecule has 0 saturated heterocycles. The molecule has 21 heavy (non-hydrogen) atoms. The second kappa shape index (κ2) is 7.78. The van der Waals surface area contributed by atoms with Gasteiger partial charge in [0, 0.05) is 17.9 Å². The van der Waals surface area contributed by atoms with Crippen molar-refractivity contribution in [3.05, 3.63) is 71.3 Å². The van der Waals surface area contributed by atoms with Gasteiger partial charge in [-0.05, 0) is 17.7 Å². The minimum atomic E-state index is -0.336. The van der Waals surface area contributed by atoms with Gasteiger partial charge in [-0.1, -0.05) is 36.4 Å². The van der Waals surface area contributed by atoms with Crippen LogP contribution in [0.4, 0.5) is 8.78 Å². The summed E-state index contributed by atoms with van der Waals surface area (Å²) in [6.07, 6.45) is 0. The fourth-order valence-corrected chi connectivity index (χ4v) is 2.60. The van der Waals surface area contributed by atoms with Crippen molar-refractivity contribution in [2.75, 3.05) is 5.75 Å². The number of hydrogen-bond acceptors (Lipinski definition) is 2. The molecule has 0 fully saturated rings. The van der Waals surface area contributed by atoms with E-state index in [0.29, 0.717) is 16.9 Å². The van der Waals surface area contributed by atoms with Gasteiger partial charge in [0.2, 0.25) is 5.91 Å². The van der Waals surface area contributed by atoms with Crippen LogP contribution >= 0.6 is 11.8 Å². The summed E-state index contributed by atoms with van der Waals surface area (Å²) in [5, 5.41) is 2.65. The summed E-state index contributed by atoms with van der Waals surface area (Å²) in [7, 11) is 0. The maximum atomic E-state index is 13.4. The van der Waals surface area contributed by atoms with Gasteiger partial charge in [-0.25, -0.2) is 8.78 Å². The lowest BCUT2D eigenvalue weighted by Crippen LogP contribution is -2.25. The number of carbonyl (C=O) groups excluding carboxylic acids is 1. The van der Waals surface area contributed by atoms with Gasteiger partial charge in [0.15, 0.2) is 0 Å². The maximum Gasteiger partial charge on any atom is 0.230 e. The van der Waals surface area contributed by atoms with Crippen molar-refractivity contribution < 1.29 is 13.6 Å². The third kappa shape index (κ3) is 4.86. The zero-order valence-corrected chi connectivity index (χ0v) is 12.1. The highest BCUT2D eigenvalue weighted by Gasteiger charge is 2.06. The monoisotopic (exact) mass is 307 g/mol. The predicted octanol–water partition coefficient (Wildman–Crippen LogP) is 3.51. The Bertz CT molecular complexity index is 619. The summed E-state index contributed by atoms with van der Waals surface area (Å²) in [5.41, 5.74) is 1.02. The highest BCUT2D eigenvalue weighted by molar-refractivity contribution is 7.99. The van der Waals surface area contributed by atoms with Crippen molar-refractivity contribution in [2.45, 2.75) is 12.3 Å². The Labute approximate surface area is 126 Å². The molecule has 2 nitrogen and oxygen atoms in total. The molecule has 5 heteroatoms. The highest BCUT2D eigenvalue weighted by Crippen LogP contribution is 2.15. The maximum absolute atomic E-state index is 13.4. The van der Waals surface area contributed by atoms with E-state index in [9.17, 15) is 13.6 Å². The summed E-state index contributed by atoms with van der Waals surface area (Å²) < 4.78 is 26.7. The van der Waals surface area contributed by atoms with Gasteiger partial charge in [0.1, 0.15) is 11.6 Å². The summed E-state index contributed by atoms with van der Waals surface area (Å²) in [6, 6.07) is 12.8. The number of carbonyl (C=O) groups is 1. The minimum absolute atomic E-state index is 0.158. The van der Waals surface area contributed by atoms with Crippen LogP contribution in [0.2, 0.25) is 0 Å². The van der Waals surface area contributed by atoms with E-state index < -0.39 is 0 Å². The Kier molecular flexibility index (Phi) is 5.75. The molecule has 1 amide bonds. The molecule has 0 bridgehead atoms. The van der Waals surface area contributed by atoms with Crippen molar-refractivity contribution >= 4 is 17.7 Å².